The summed E-state index contributed by atoms with van der Waals surface area (Å²) in [6, 6.07) is 13.1. The van der Waals surface area contributed by atoms with Crippen LogP contribution < -0.4 is 14.8 Å². The van der Waals surface area contributed by atoms with Crippen molar-refractivity contribution in [2.24, 2.45) is 0 Å². The molecule has 0 aliphatic carbocycles. The Morgan fingerprint density at radius 3 is 2.81 bits per heavy atom. The number of amides is 1. The van der Waals surface area contributed by atoms with Crippen molar-refractivity contribution >= 4 is 34.7 Å². The minimum atomic E-state index is -0.141. The molecule has 138 valence electrons. The van der Waals surface area contributed by atoms with Gasteiger partial charge in [-0.1, -0.05) is 30.0 Å². The number of hydrogen-bond acceptors (Lipinski definition) is 6. The highest BCUT2D eigenvalue weighted by molar-refractivity contribution is 8.00. The molecule has 0 fully saturated rings. The summed E-state index contributed by atoms with van der Waals surface area (Å²) < 4.78 is 12.1. The minimum Gasteiger partial charge on any atom is -0.486 e. The first kappa shape index (κ1) is 17.9. The van der Waals surface area contributed by atoms with E-state index in [-0.39, 0.29) is 5.91 Å². The molecular formula is C20H18N2O3S2. The molecule has 4 rings (SSSR count). The van der Waals surface area contributed by atoms with Crippen LogP contribution in [0.25, 0.3) is 0 Å². The van der Waals surface area contributed by atoms with Crippen LogP contribution in [0.15, 0.2) is 52.2 Å². The average molecular weight is 399 g/mol. The largest absolute Gasteiger partial charge is 0.486 e. The van der Waals surface area contributed by atoms with Gasteiger partial charge in [0.1, 0.15) is 17.6 Å². The molecule has 0 unspecified atom stereocenters. The number of nitrogens with zero attached hydrogens (tertiary/aromatic N) is 1. The van der Waals surface area contributed by atoms with E-state index in [1.165, 1.54) is 0 Å². The maximum atomic E-state index is 12.8. The highest BCUT2D eigenvalue weighted by Crippen LogP contribution is 2.33. The van der Waals surface area contributed by atoms with Crippen molar-refractivity contribution in [3.05, 3.63) is 64.7 Å². The molecule has 7 heteroatoms. The first-order chi connectivity index (χ1) is 13.2. The zero-order valence-electron chi connectivity index (χ0n) is 14.7. The molecule has 0 saturated carbocycles. The Kier molecular flexibility index (Phi) is 5.31. The number of nitrogens with one attached hydrogen (secondary N) is 1. The number of carbonyl (C=O) groups is 1. The third-order valence-electron chi connectivity index (χ3n) is 4.01. The highest BCUT2D eigenvalue weighted by Gasteiger charge is 2.15. The second kappa shape index (κ2) is 8.02. The molecule has 0 saturated heterocycles. The molecule has 0 radical (unpaired) electrons. The van der Waals surface area contributed by atoms with E-state index in [9.17, 15) is 4.79 Å². The fourth-order valence-electron chi connectivity index (χ4n) is 2.73. The number of hydrogen-bond donors (Lipinski definition) is 1. The summed E-state index contributed by atoms with van der Waals surface area (Å²) in [6.45, 7) is 3.04. The SMILES string of the molecule is Cc1csc(SCc2ccccc2C(=O)Nc2ccc3c(c2)OCCO3)n1. The summed E-state index contributed by atoms with van der Waals surface area (Å²) in [5, 5.41) is 4.98. The lowest BCUT2D eigenvalue weighted by molar-refractivity contribution is 0.102. The number of thioether (sulfide) groups is 1. The van der Waals surface area contributed by atoms with Crippen molar-refractivity contribution in [1.82, 2.24) is 4.98 Å². The first-order valence-electron chi connectivity index (χ1n) is 8.53. The molecule has 1 aliphatic heterocycles. The Bertz CT molecular complexity index is 971. The number of aromatic nitrogens is 1. The Morgan fingerprint density at radius 2 is 2.00 bits per heavy atom. The molecule has 2 aromatic carbocycles. The van der Waals surface area contributed by atoms with Crippen molar-refractivity contribution in [1.29, 1.82) is 0 Å². The van der Waals surface area contributed by atoms with Crippen LogP contribution in [0.1, 0.15) is 21.6 Å². The Balaban J connectivity index is 1.48. The number of fused-ring (bicyclic) bond motifs is 1. The number of ether oxygens (including phenoxy) is 2. The van der Waals surface area contributed by atoms with Crippen molar-refractivity contribution < 1.29 is 14.3 Å². The van der Waals surface area contributed by atoms with Gasteiger partial charge in [0.2, 0.25) is 0 Å². The van der Waals surface area contributed by atoms with Gasteiger partial charge in [0.15, 0.2) is 11.5 Å². The molecule has 1 amide bonds. The lowest BCUT2D eigenvalue weighted by Gasteiger charge is -2.19. The van der Waals surface area contributed by atoms with Gasteiger partial charge in [0.05, 0.1) is 0 Å². The fourth-order valence-corrected chi connectivity index (χ4v) is 4.58. The summed E-state index contributed by atoms with van der Waals surface area (Å²) in [5.41, 5.74) is 3.34. The van der Waals surface area contributed by atoms with Gasteiger partial charge < -0.3 is 14.8 Å². The summed E-state index contributed by atoms with van der Waals surface area (Å²) >= 11 is 3.27. The van der Waals surface area contributed by atoms with E-state index in [0.717, 1.165) is 15.6 Å². The monoisotopic (exact) mass is 398 g/mol. The number of thiazole rings is 1. The van der Waals surface area contributed by atoms with Crippen molar-refractivity contribution in [3.63, 3.8) is 0 Å². The second-order valence-electron chi connectivity index (χ2n) is 6.01. The Hall–Kier alpha value is -2.51. The van der Waals surface area contributed by atoms with Gasteiger partial charge in [-0.2, -0.15) is 0 Å². The quantitative estimate of drug-likeness (QED) is 0.628. The second-order valence-corrected chi connectivity index (χ2v) is 8.09. The molecule has 5 nitrogen and oxygen atoms in total. The predicted molar refractivity (Wildman–Crippen MR) is 108 cm³/mol. The van der Waals surface area contributed by atoms with Crippen LogP contribution in [0.3, 0.4) is 0 Å². The highest BCUT2D eigenvalue weighted by atomic mass is 32.2. The van der Waals surface area contributed by atoms with Crippen LogP contribution in [-0.2, 0) is 5.75 Å². The van der Waals surface area contributed by atoms with E-state index in [2.05, 4.69) is 10.3 Å². The minimum absolute atomic E-state index is 0.141. The molecule has 0 bridgehead atoms. The summed E-state index contributed by atoms with van der Waals surface area (Å²) in [7, 11) is 0. The zero-order chi connectivity index (χ0) is 18.6. The number of rotatable bonds is 5. The lowest BCUT2D eigenvalue weighted by atomic mass is 10.1. The van der Waals surface area contributed by atoms with E-state index >= 15 is 0 Å². The number of aryl methyl sites for hydroxylation is 1. The first-order valence-corrected chi connectivity index (χ1v) is 10.4. The number of benzene rings is 2. The van der Waals surface area contributed by atoms with Gasteiger partial charge in [-0.25, -0.2) is 4.98 Å². The van der Waals surface area contributed by atoms with Crippen LogP contribution in [-0.4, -0.2) is 24.1 Å². The van der Waals surface area contributed by atoms with Gasteiger partial charge in [0.25, 0.3) is 5.91 Å². The predicted octanol–water partition coefficient (Wildman–Crippen LogP) is 4.77. The van der Waals surface area contributed by atoms with Crippen LogP contribution in [0.4, 0.5) is 5.69 Å². The van der Waals surface area contributed by atoms with Crippen molar-refractivity contribution in [2.75, 3.05) is 18.5 Å². The van der Waals surface area contributed by atoms with Crippen LogP contribution in [0, 0.1) is 6.92 Å². The lowest BCUT2D eigenvalue weighted by Crippen LogP contribution is -2.17. The number of carbonyl (C=O) groups excluding carboxylic acids is 1. The standard InChI is InChI=1S/C20H18N2O3S2/c1-13-11-26-20(21-13)27-12-14-4-2-3-5-16(14)19(23)22-15-6-7-17-18(10-15)25-9-8-24-17/h2-7,10-11H,8-9,12H2,1H3,(H,22,23). The fraction of sp³-hybridized carbons (Fsp3) is 0.200. The van der Waals surface area contributed by atoms with Gasteiger partial charge >= 0.3 is 0 Å². The van der Waals surface area contributed by atoms with E-state index in [1.807, 2.05) is 48.7 Å². The molecule has 1 N–H and O–H groups in total. The topological polar surface area (TPSA) is 60.5 Å². The van der Waals surface area contributed by atoms with E-state index in [0.29, 0.717) is 41.7 Å². The summed E-state index contributed by atoms with van der Waals surface area (Å²) in [4.78, 5) is 17.3. The Labute approximate surface area is 165 Å². The molecule has 1 aliphatic rings. The normalized spacial score (nSPS) is 12.6. The summed E-state index contributed by atoms with van der Waals surface area (Å²) in [5.74, 6) is 1.91. The molecule has 27 heavy (non-hydrogen) atoms. The van der Waals surface area contributed by atoms with Gasteiger partial charge in [-0.05, 0) is 30.7 Å². The van der Waals surface area contributed by atoms with E-state index in [4.69, 9.17) is 9.47 Å². The molecule has 1 aromatic heterocycles. The molecule has 2 heterocycles. The average Bonchev–Trinajstić information content (AvgIpc) is 3.11. The van der Waals surface area contributed by atoms with Crippen molar-refractivity contribution in [2.45, 2.75) is 17.0 Å². The van der Waals surface area contributed by atoms with E-state index < -0.39 is 0 Å². The molecule has 0 atom stereocenters. The van der Waals surface area contributed by atoms with Crippen molar-refractivity contribution in [3.8, 4) is 11.5 Å². The van der Waals surface area contributed by atoms with Crippen LogP contribution >= 0.6 is 23.1 Å². The molecule has 3 aromatic rings. The third kappa shape index (κ3) is 4.26. The van der Waals surface area contributed by atoms with Gasteiger partial charge in [-0.3, -0.25) is 4.79 Å². The maximum absolute atomic E-state index is 12.8. The number of anilines is 1. The van der Waals surface area contributed by atoms with E-state index in [1.54, 1.807) is 29.2 Å². The van der Waals surface area contributed by atoms with Crippen LogP contribution in [0.5, 0.6) is 11.5 Å². The maximum Gasteiger partial charge on any atom is 0.255 e. The zero-order valence-corrected chi connectivity index (χ0v) is 16.4. The third-order valence-corrected chi connectivity index (χ3v) is 6.20. The van der Waals surface area contributed by atoms with Gasteiger partial charge in [-0.15, -0.1) is 11.3 Å². The van der Waals surface area contributed by atoms with Crippen LogP contribution in [0.2, 0.25) is 0 Å². The van der Waals surface area contributed by atoms with Gasteiger partial charge in [0, 0.05) is 34.1 Å². The smallest absolute Gasteiger partial charge is 0.255 e. The molecule has 0 spiro atoms. The summed E-state index contributed by atoms with van der Waals surface area (Å²) in [6.07, 6.45) is 0. The molecular weight excluding hydrogens is 380 g/mol. The Morgan fingerprint density at radius 1 is 1.19 bits per heavy atom.